The van der Waals surface area contributed by atoms with Gasteiger partial charge in [-0.1, -0.05) is 61.0 Å². The molecule has 0 unspecified atom stereocenters. The lowest BCUT2D eigenvalue weighted by atomic mass is 10.0. The summed E-state index contributed by atoms with van der Waals surface area (Å²) < 4.78 is 31.1. The molecule has 0 bridgehead atoms. The van der Waals surface area contributed by atoms with E-state index in [4.69, 9.17) is 15.1 Å². The van der Waals surface area contributed by atoms with E-state index in [1.54, 1.807) is 18.2 Å². The van der Waals surface area contributed by atoms with Crippen LogP contribution >= 0.6 is 0 Å². The maximum absolute atomic E-state index is 11.9. The third kappa shape index (κ3) is 5.12. The Labute approximate surface area is 182 Å². The molecule has 0 saturated carbocycles. The first-order chi connectivity index (χ1) is 14.9. The number of oxime groups is 1. The van der Waals surface area contributed by atoms with Crippen molar-refractivity contribution in [2.24, 2.45) is 10.3 Å². The lowest BCUT2D eigenvalue weighted by molar-refractivity contribution is 0.321. The predicted molar refractivity (Wildman–Crippen MR) is 119 cm³/mol. The number of primary sulfonamides is 1. The highest BCUT2D eigenvalue weighted by atomic mass is 32.2. The number of rotatable bonds is 9. The first kappa shape index (κ1) is 22.5. The van der Waals surface area contributed by atoms with Crippen LogP contribution in [0.15, 0.2) is 58.6 Å². The van der Waals surface area contributed by atoms with E-state index in [2.05, 4.69) is 17.1 Å². The third-order valence-electron chi connectivity index (χ3n) is 4.98. The van der Waals surface area contributed by atoms with Gasteiger partial charge in [0, 0.05) is 18.5 Å². The molecule has 0 aliphatic rings. The molecule has 0 aliphatic carbocycles. The predicted octanol–water partition coefficient (Wildman–Crippen LogP) is 3.41. The smallest absolute Gasteiger partial charge is 0.241 e. The average molecular weight is 443 g/mol. The van der Waals surface area contributed by atoms with Gasteiger partial charge >= 0.3 is 0 Å². The highest BCUT2D eigenvalue weighted by molar-refractivity contribution is 7.89. The van der Waals surface area contributed by atoms with Gasteiger partial charge in [-0.3, -0.25) is 0 Å². The summed E-state index contributed by atoms with van der Waals surface area (Å²) in [6.45, 7) is 2.60. The SMILES string of the molecule is CCCCc1nc(OC)c(C=NO)n1Cc1ccc(-c2ccccc2S(N)(=O)=O)cc1. The van der Waals surface area contributed by atoms with Crippen molar-refractivity contribution in [1.82, 2.24) is 9.55 Å². The Balaban J connectivity index is 1.96. The van der Waals surface area contributed by atoms with Crippen LogP contribution in [0.4, 0.5) is 0 Å². The highest BCUT2D eigenvalue weighted by Gasteiger charge is 2.18. The van der Waals surface area contributed by atoms with E-state index in [1.165, 1.54) is 19.4 Å². The number of nitrogens with zero attached hydrogens (tertiary/aromatic N) is 3. The van der Waals surface area contributed by atoms with Gasteiger partial charge < -0.3 is 14.5 Å². The van der Waals surface area contributed by atoms with E-state index in [1.807, 2.05) is 28.8 Å². The van der Waals surface area contributed by atoms with E-state index < -0.39 is 10.0 Å². The maximum Gasteiger partial charge on any atom is 0.241 e. The van der Waals surface area contributed by atoms with Gasteiger partial charge in [-0.2, -0.15) is 4.98 Å². The maximum atomic E-state index is 11.9. The standard InChI is InChI=1S/C22H26N4O4S/c1-3-4-9-21-25-22(30-2)19(14-24-27)26(21)15-16-10-12-17(13-11-16)18-7-5-6-8-20(18)31(23,28)29/h5-8,10-14,27H,3-4,9,15H2,1-2H3,(H2,23,28,29). The van der Waals surface area contributed by atoms with Gasteiger partial charge in [-0.15, -0.1) is 0 Å². The summed E-state index contributed by atoms with van der Waals surface area (Å²) in [6, 6.07) is 14.2. The fraction of sp³-hybridized carbons (Fsp3) is 0.273. The number of nitrogens with two attached hydrogens (primary N) is 1. The fourth-order valence-electron chi connectivity index (χ4n) is 3.45. The van der Waals surface area contributed by atoms with Crippen LogP contribution in [0.1, 0.15) is 36.8 Å². The summed E-state index contributed by atoms with van der Waals surface area (Å²) in [6.07, 6.45) is 4.08. The van der Waals surface area contributed by atoms with Crippen molar-refractivity contribution in [1.29, 1.82) is 0 Å². The van der Waals surface area contributed by atoms with Crippen LogP contribution in [0.5, 0.6) is 5.88 Å². The molecule has 0 fully saturated rings. The second-order valence-corrected chi connectivity index (χ2v) is 8.62. The topological polar surface area (TPSA) is 120 Å². The van der Waals surface area contributed by atoms with Crippen LogP contribution in [0.25, 0.3) is 11.1 Å². The zero-order valence-electron chi connectivity index (χ0n) is 17.5. The van der Waals surface area contributed by atoms with Crippen LogP contribution < -0.4 is 9.88 Å². The molecule has 31 heavy (non-hydrogen) atoms. The van der Waals surface area contributed by atoms with E-state index in [0.29, 0.717) is 23.7 Å². The minimum atomic E-state index is -3.83. The molecular formula is C22H26N4O4S. The van der Waals surface area contributed by atoms with Gasteiger partial charge in [0.15, 0.2) is 0 Å². The molecule has 0 atom stereocenters. The summed E-state index contributed by atoms with van der Waals surface area (Å²) >= 11 is 0. The molecule has 3 rings (SSSR count). The number of methoxy groups -OCH3 is 1. The lowest BCUT2D eigenvalue weighted by Gasteiger charge is -2.12. The molecule has 3 aromatic rings. The Hall–Kier alpha value is -3.17. The second-order valence-electron chi connectivity index (χ2n) is 7.09. The number of sulfonamides is 1. The number of imidazole rings is 1. The van der Waals surface area contributed by atoms with Gasteiger partial charge in [-0.05, 0) is 23.6 Å². The minimum Gasteiger partial charge on any atom is -0.479 e. The number of unbranched alkanes of at least 4 members (excludes halogenated alkanes) is 1. The molecule has 0 saturated heterocycles. The van der Waals surface area contributed by atoms with Crippen molar-refractivity contribution in [2.45, 2.75) is 37.6 Å². The van der Waals surface area contributed by atoms with Crippen molar-refractivity contribution in [3.63, 3.8) is 0 Å². The van der Waals surface area contributed by atoms with Gasteiger partial charge in [0.2, 0.25) is 15.9 Å². The van der Waals surface area contributed by atoms with Gasteiger partial charge in [0.05, 0.1) is 18.2 Å². The van der Waals surface area contributed by atoms with E-state index >= 15 is 0 Å². The minimum absolute atomic E-state index is 0.0883. The summed E-state index contributed by atoms with van der Waals surface area (Å²) in [4.78, 5) is 4.63. The van der Waals surface area contributed by atoms with Gasteiger partial charge in [-0.25, -0.2) is 13.6 Å². The van der Waals surface area contributed by atoms with Crippen LogP contribution in [-0.4, -0.2) is 36.5 Å². The Bertz CT molecular complexity index is 1170. The van der Waals surface area contributed by atoms with Gasteiger partial charge in [0.25, 0.3) is 0 Å². The lowest BCUT2D eigenvalue weighted by Crippen LogP contribution is -2.13. The molecule has 164 valence electrons. The van der Waals surface area contributed by atoms with Crippen LogP contribution in [0, 0.1) is 0 Å². The largest absolute Gasteiger partial charge is 0.479 e. The number of hydrogen-bond acceptors (Lipinski definition) is 6. The van der Waals surface area contributed by atoms with E-state index in [9.17, 15) is 8.42 Å². The molecule has 3 N–H and O–H groups in total. The molecule has 8 nitrogen and oxygen atoms in total. The van der Waals surface area contributed by atoms with Crippen molar-refractivity contribution in [2.75, 3.05) is 7.11 Å². The normalized spacial score (nSPS) is 11.8. The van der Waals surface area contributed by atoms with Crippen LogP contribution in [0.2, 0.25) is 0 Å². The molecule has 0 spiro atoms. The van der Waals surface area contributed by atoms with Crippen molar-refractivity contribution < 1.29 is 18.4 Å². The highest BCUT2D eigenvalue weighted by Crippen LogP contribution is 2.27. The molecular weight excluding hydrogens is 416 g/mol. The molecule has 9 heteroatoms. The first-order valence-corrected chi connectivity index (χ1v) is 11.5. The second kappa shape index (κ2) is 9.76. The zero-order valence-corrected chi connectivity index (χ0v) is 18.3. The zero-order chi connectivity index (χ0) is 22.4. The number of aryl methyl sites for hydroxylation is 1. The molecule has 2 aromatic carbocycles. The number of aromatic nitrogens is 2. The molecule has 1 heterocycles. The van der Waals surface area contributed by atoms with Crippen molar-refractivity contribution >= 4 is 16.2 Å². The Kier molecular flexibility index (Phi) is 7.09. The van der Waals surface area contributed by atoms with Crippen LogP contribution in [0.3, 0.4) is 0 Å². The van der Waals surface area contributed by atoms with Crippen molar-refractivity contribution in [3.8, 4) is 17.0 Å². The fourth-order valence-corrected chi connectivity index (χ4v) is 4.21. The molecule has 0 radical (unpaired) electrons. The summed E-state index contributed by atoms with van der Waals surface area (Å²) in [5.74, 6) is 1.25. The Morgan fingerprint density at radius 2 is 1.90 bits per heavy atom. The summed E-state index contributed by atoms with van der Waals surface area (Å²) in [7, 11) is -2.30. The number of ether oxygens (including phenoxy) is 1. The summed E-state index contributed by atoms with van der Waals surface area (Å²) in [5, 5.41) is 17.6. The van der Waals surface area contributed by atoms with E-state index in [0.717, 1.165) is 36.2 Å². The van der Waals surface area contributed by atoms with Crippen LogP contribution in [-0.2, 0) is 23.0 Å². The molecule has 0 aliphatic heterocycles. The third-order valence-corrected chi connectivity index (χ3v) is 5.95. The monoisotopic (exact) mass is 442 g/mol. The average Bonchev–Trinajstić information content (AvgIpc) is 3.09. The Morgan fingerprint density at radius 3 is 2.52 bits per heavy atom. The number of hydrogen-bond donors (Lipinski definition) is 2. The first-order valence-electron chi connectivity index (χ1n) is 9.91. The quantitative estimate of drug-likeness (QED) is 0.299. The Morgan fingerprint density at radius 1 is 1.19 bits per heavy atom. The number of benzene rings is 2. The molecule has 1 aromatic heterocycles. The van der Waals surface area contributed by atoms with E-state index in [-0.39, 0.29) is 4.90 Å². The van der Waals surface area contributed by atoms with Crippen molar-refractivity contribution in [3.05, 3.63) is 65.6 Å². The molecule has 0 amide bonds. The van der Waals surface area contributed by atoms with Gasteiger partial charge in [0.1, 0.15) is 11.5 Å². The summed E-state index contributed by atoms with van der Waals surface area (Å²) in [5.41, 5.74) is 2.86.